The highest BCUT2D eigenvalue weighted by molar-refractivity contribution is 7.92. The number of hydrogen-bond acceptors (Lipinski definition) is 3. The summed E-state index contributed by atoms with van der Waals surface area (Å²) < 4.78 is 37.9. The topological polar surface area (TPSA) is 64.0 Å². The Balaban J connectivity index is 2.02. The molecule has 0 aliphatic rings. The largest absolute Gasteiger partial charge is 0.276 e. The Morgan fingerprint density at radius 1 is 1.08 bits per heavy atom. The Morgan fingerprint density at radius 2 is 1.75 bits per heavy atom. The lowest BCUT2D eigenvalue weighted by Gasteiger charge is -2.11. The van der Waals surface area contributed by atoms with Crippen molar-refractivity contribution in [2.75, 3.05) is 4.83 Å². The molecule has 2 aromatic carbocycles. The van der Waals surface area contributed by atoms with E-state index in [9.17, 15) is 12.8 Å². The molecule has 24 heavy (non-hydrogen) atoms. The van der Waals surface area contributed by atoms with Crippen LogP contribution in [-0.4, -0.2) is 18.3 Å². The summed E-state index contributed by atoms with van der Waals surface area (Å²) >= 11 is 5.86. The average molecular weight is 366 g/mol. The van der Waals surface area contributed by atoms with Crippen molar-refractivity contribution < 1.29 is 12.8 Å². The van der Waals surface area contributed by atoms with E-state index in [2.05, 4.69) is 9.93 Å². The van der Waals surface area contributed by atoms with Crippen LogP contribution in [0.1, 0.15) is 5.69 Å². The first-order chi connectivity index (χ1) is 11.5. The van der Waals surface area contributed by atoms with Gasteiger partial charge in [-0.15, -0.1) is 0 Å². The smallest absolute Gasteiger partial charge is 0.244 e. The molecule has 1 N–H and O–H groups in total. The number of alkyl halides is 1. The third kappa shape index (κ3) is 3.42. The first kappa shape index (κ1) is 16.5. The first-order valence-electron chi connectivity index (χ1n) is 6.98. The van der Waals surface area contributed by atoms with Crippen LogP contribution in [0.3, 0.4) is 0 Å². The summed E-state index contributed by atoms with van der Waals surface area (Å²) in [7, 11) is -3.84. The van der Waals surface area contributed by atoms with Crippen LogP contribution in [0.4, 0.5) is 4.39 Å². The van der Waals surface area contributed by atoms with Gasteiger partial charge in [-0.25, -0.2) is 4.39 Å². The number of rotatable bonds is 5. The molecule has 0 bridgehead atoms. The lowest BCUT2D eigenvalue weighted by molar-refractivity contribution is 0.472. The Labute approximate surface area is 143 Å². The van der Waals surface area contributed by atoms with E-state index in [1.165, 1.54) is 18.2 Å². The molecule has 0 saturated carbocycles. The Morgan fingerprint density at radius 3 is 2.38 bits per heavy atom. The van der Waals surface area contributed by atoms with E-state index in [1.807, 2.05) is 0 Å². The molecule has 5 nitrogen and oxygen atoms in total. The molecule has 0 unspecified atom stereocenters. The summed E-state index contributed by atoms with van der Waals surface area (Å²) in [4.78, 5) is 3.49. The molecule has 8 heteroatoms. The predicted molar refractivity (Wildman–Crippen MR) is 90.5 cm³/mol. The van der Waals surface area contributed by atoms with Gasteiger partial charge in [0.2, 0.25) is 0 Å². The monoisotopic (exact) mass is 365 g/mol. The second-order valence-electron chi connectivity index (χ2n) is 4.98. The van der Waals surface area contributed by atoms with E-state index < -0.39 is 16.7 Å². The molecular formula is C16H13ClFN3O2S. The standard InChI is InChI=1S/C16H13ClFN3O2S/c17-13-8-6-12(7-9-13)16-10-14(11-18)19-21(16)20-24(22,23)15-4-2-1-3-5-15/h1-10,20H,11H2. The van der Waals surface area contributed by atoms with Gasteiger partial charge < -0.3 is 0 Å². The van der Waals surface area contributed by atoms with Crippen LogP contribution in [0.15, 0.2) is 65.6 Å². The molecule has 1 aromatic heterocycles. The quantitative estimate of drug-likeness (QED) is 0.751. The van der Waals surface area contributed by atoms with E-state index in [0.29, 0.717) is 16.3 Å². The highest BCUT2D eigenvalue weighted by Crippen LogP contribution is 2.23. The minimum absolute atomic E-state index is 0.0874. The van der Waals surface area contributed by atoms with E-state index in [-0.39, 0.29) is 10.6 Å². The number of sulfonamides is 1. The van der Waals surface area contributed by atoms with Crippen molar-refractivity contribution in [2.45, 2.75) is 11.6 Å². The Bertz CT molecular complexity index is 941. The van der Waals surface area contributed by atoms with E-state index >= 15 is 0 Å². The van der Waals surface area contributed by atoms with Gasteiger partial charge in [-0.2, -0.15) is 23.1 Å². The van der Waals surface area contributed by atoms with Crippen molar-refractivity contribution in [3.05, 3.63) is 71.4 Å². The summed E-state index contributed by atoms with van der Waals surface area (Å²) in [5.41, 5.74) is 1.19. The van der Waals surface area contributed by atoms with Gasteiger partial charge >= 0.3 is 0 Å². The van der Waals surface area contributed by atoms with Crippen LogP contribution in [-0.2, 0) is 16.7 Å². The molecule has 0 spiro atoms. The zero-order valence-electron chi connectivity index (χ0n) is 12.4. The van der Waals surface area contributed by atoms with Crippen LogP contribution >= 0.6 is 11.6 Å². The number of nitrogens with one attached hydrogen (secondary N) is 1. The van der Waals surface area contributed by atoms with Gasteiger partial charge in [-0.1, -0.05) is 41.9 Å². The van der Waals surface area contributed by atoms with Gasteiger partial charge in [0, 0.05) is 10.6 Å². The molecule has 0 aliphatic heterocycles. The molecule has 3 rings (SSSR count). The maximum Gasteiger partial charge on any atom is 0.276 e. The van der Waals surface area contributed by atoms with Crippen molar-refractivity contribution in [2.24, 2.45) is 0 Å². The third-order valence-electron chi connectivity index (χ3n) is 3.30. The maximum atomic E-state index is 13.0. The van der Waals surface area contributed by atoms with Gasteiger partial charge in [-0.3, -0.25) is 0 Å². The number of benzene rings is 2. The molecule has 0 atom stereocenters. The zero-order valence-corrected chi connectivity index (χ0v) is 13.9. The normalized spacial score (nSPS) is 11.4. The van der Waals surface area contributed by atoms with Crippen LogP contribution in [0.5, 0.6) is 0 Å². The fourth-order valence-electron chi connectivity index (χ4n) is 2.16. The molecule has 0 amide bonds. The highest BCUT2D eigenvalue weighted by Gasteiger charge is 2.18. The maximum absolute atomic E-state index is 13.0. The second-order valence-corrected chi connectivity index (χ2v) is 7.08. The number of halogens is 2. The second kappa shape index (κ2) is 6.62. The van der Waals surface area contributed by atoms with Crippen molar-refractivity contribution in [1.29, 1.82) is 0 Å². The number of nitrogens with zero attached hydrogens (tertiary/aromatic N) is 2. The molecule has 0 radical (unpaired) electrons. The van der Waals surface area contributed by atoms with Crippen LogP contribution in [0.25, 0.3) is 11.3 Å². The van der Waals surface area contributed by atoms with Crippen LogP contribution < -0.4 is 4.83 Å². The van der Waals surface area contributed by atoms with Gasteiger partial charge in [0.15, 0.2) is 0 Å². The van der Waals surface area contributed by atoms with Crippen LogP contribution in [0.2, 0.25) is 5.02 Å². The molecule has 0 aliphatic carbocycles. The minimum Gasteiger partial charge on any atom is -0.244 e. The van der Waals surface area contributed by atoms with Gasteiger partial charge in [0.25, 0.3) is 10.0 Å². The third-order valence-corrected chi connectivity index (χ3v) is 4.86. The van der Waals surface area contributed by atoms with Crippen LogP contribution in [0, 0.1) is 0 Å². The van der Waals surface area contributed by atoms with Crippen molar-refractivity contribution in [3.8, 4) is 11.3 Å². The zero-order chi connectivity index (χ0) is 17.2. The molecule has 0 saturated heterocycles. The lowest BCUT2D eigenvalue weighted by atomic mass is 10.1. The predicted octanol–water partition coefficient (Wildman–Crippen LogP) is 3.61. The summed E-state index contributed by atoms with van der Waals surface area (Å²) in [6.07, 6.45) is 0. The molecule has 1 heterocycles. The minimum atomic E-state index is -3.84. The molecule has 3 aromatic rings. The lowest BCUT2D eigenvalue weighted by Crippen LogP contribution is -2.25. The summed E-state index contributed by atoms with van der Waals surface area (Å²) in [6, 6.07) is 16.1. The summed E-state index contributed by atoms with van der Waals surface area (Å²) in [5.74, 6) is 0. The highest BCUT2D eigenvalue weighted by atomic mass is 35.5. The first-order valence-corrected chi connectivity index (χ1v) is 8.84. The fraction of sp³-hybridized carbons (Fsp3) is 0.0625. The van der Waals surface area contributed by atoms with E-state index in [1.54, 1.807) is 42.5 Å². The Kier molecular flexibility index (Phi) is 4.55. The fourth-order valence-corrected chi connectivity index (χ4v) is 3.27. The Hall–Kier alpha value is -2.38. The van der Waals surface area contributed by atoms with Crippen molar-refractivity contribution in [1.82, 2.24) is 9.89 Å². The molecular weight excluding hydrogens is 353 g/mol. The number of hydrogen-bond donors (Lipinski definition) is 1. The molecule has 0 fully saturated rings. The number of aromatic nitrogens is 2. The summed E-state index contributed by atoms with van der Waals surface area (Å²) in [6.45, 7) is -0.805. The summed E-state index contributed by atoms with van der Waals surface area (Å²) in [5, 5.41) is 4.50. The average Bonchev–Trinajstić information content (AvgIpc) is 2.98. The molecule has 124 valence electrons. The van der Waals surface area contributed by atoms with Crippen molar-refractivity contribution >= 4 is 21.6 Å². The SMILES string of the molecule is O=S(=O)(Nn1nc(CF)cc1-c1ccc(Cl)cc1)c1ccccc1. The van der Waals surface area contributed by atoms with Crippen molar-refractivity contribution in [3.63, 3.8) is 0 Å². The van der Waals surface area contributed by atoms with E-state index in [0.717, 1.165) is 4.79 Å². The van der Waals surface area contributed by atoms with Gasteiger partial charge in [-0.05, 0) is 30.3 Å². The van der Waals surface area contributed by atoms with E-state index in [4.69, 9.17) is 11.6 Å². The van der Waals surface area contributed by atoms with Gasteiger partial charge in [0.1, 0.15) is 6.67 Å². The van der Waals surface area contributed by atoms with Gasteiger partial charge in [0.05, 0.1) is 16.3 Å².